The maximum absolute atomic E-state index is 12.7. The van der Waals surface area contributed by atoms with Crippen LogP contribution in [0.25, 0.3) is 22.3 Å². The maximum atomic E-state index is 12.7. The van der Waals surface area contributed by atoms with Crippen molar-refractivity contribution >= 4 is 16.8 Å². The Hall–Kier alpha value is -2.88. The monoisotopic (exact) mass is 308 g/mol. The maximum Gasteiger partial charge on any atom is 0.196 e. The quantitative estimate of drug-likeness (QED) is 0.687. The SMILES string of the molecule is COc1ccc2c(=O)c(C)c(-c3ccccc3)oc2c1C(C)=O. The minimum atomic E-state index is -0.210. The van der Waals surface area contributed by atoms with Crippen LogP contribution < -0.4 is 10.2 Å². The molecule has 1 aromatic heterocycles. The van der Waals surface area contributed by atoms with Gasteiger partial charge in [-0.1, -0.05) is 30.3 Å². The number of hydrogen-bond donors (Lipinski definition) is 0. The molecule has 0 unspecified atom stereocenters. The van der Waals surface area contributed by atoms with E-state index in [4.69, 9.17) is 9.15 Å². The van der Waals surface area contributed by atoms with Crippen molar-refractivity contribution in [1.82, 2.24) is 0 Å². The van der Waals surface area contributed by atoms with Crippen molar-refractivity contribution in [3.05, 3.63) is 63.8 Å². The van der Waals surface area contributed by atoms with E-state index in [0.717, 1.165) is 5.56 Å². The molecule has 0 N–H and O–H groups in total. The van der Waals surface area contributed by atoms with Crippen LogP contribution in [0.15, 0.2) is 51.7 Å². The van der Waals surface area contributed by atoms with Crippen LogP contribution in [-0.4, -0.2) is 12.9 Å². The Kier molecular flexibility index (Phi) is 3.74. The van der Waals surface area contributed by atoms with Crippen molar-refractivity contribution in [2.75, 3.05) is 7.11 Å². The van der Waals surface area contributed by atoms with Gasteiger partial charge in [0.05, 0.1) is 12.5 Å². The minimum Gasteiger partial charge on any atom is -0.496 e. The summed E-state index contributed by atoms with van der Waals surface area (Å²) in [4.78, 5) is 24.7. The van der Waals surface area contributed by atoms with Gasteiger partial charge in [-0.05, 0) is 26.0 Å². The van der Waals surface area contributed by atoms with E-state index in [-0.39, 0.29) is 16.8 Å². The first-order chi connectivity index (χ1) is 11.0. The molecule has 23 heavy (non-hydrogen) atoms. The largest absolute Gasteiger partial charge is 0.496 e. The fourth-order valence-electron chi connectivity index (χ4n) is 2.70. The Labute approximate surface area is 133 Å². The molecule has 4 heteroatoms. The van der Waals surface area contributed by atoms with Crippen LogP contribution in [0.1, 0.15) is 22.8 Å². The highest BCUT2D eigenvalue weighted by atomic mass is 16.5. The number of hydrogen-bond acceptors (Lipinski definition) is 4. The molecule has 2 aromatic carbocycles. The first-order valence-corrected chi connectivity index (χ1v) is 7.25. The van der Waals surface area contributed by atoms with Crippen molar-refractivity contribution < 1.29 is 13.9 Å². The summed E-state index contributed by atoms with van der Waals surface area (Å²) in [5.41, 5.74) is 1.73. The standard InChI is InChI=1S/C19H16O4/c1-11-17(21)14-9-10-15(22-3)16(12(2)20)19(14)23-18(11)13-7-5-4-6-8-13/h4-10H,1-3H3. The van der Waals surface area contributed by atoms with Gasteiger partial charge < -0.3 is 9.15 Å². The van der Waals surface area contributed by atoms with E-state index >= 15 is 0 Å². The third-order valence-corrected chi connectivity index (χ3v) is 3.86. The zero-order valence-corrected chi connectivity index (χ0v) is 13.2. The lowest BCUT2D eigenvalue weighted by Crippen LogP contribution is -2.10. The number of benzene rings is 2. The summed E-state index contributed by atoms with van der Waals surface area (Å²) < 4.78 is 11.2. The Morgan fingerprint density at radius 1 is 1.09 bits per heavy atom. The van der Waals surface area contributed by atoms with Crippen molar-refractivity contribution in [2.24, 2.45) is 0 Å². The third-order valence-electron chi connectivity index (χ3n) is 3.86. The van der Waals surface area contributed by atoms with Crippen LogP contribution >= 0.6 is 0 Å². The zero-order chi connectivity index (χ0) is 16.6. The fourth-order valence-corrected chi connectivity index (χ4v) is 2.70. The van der Waals surface area contributed by atoms with Crippen LogP contribution in [0.5, 0.6) is 5.75 Å². The van der Waals surface area contributed by atoms with Gasteiger partial charge in [-0.3, -0.25) is 9.59 Å². The van der Waals surface area contributed by atoms with Crippen LogP contribution in [0.3, 0.4) is 0 Å². The Bertz CT molecular complexity index is 953. The van der Waals surface area contributed by atoms with Crippen LogP contribution in [0.4, 0.5) is 0 Å². The molecule has 0 saturated carbocycles. The first-order valence-electron chi connectivity index (χ1n) is 7.25. The molecule has 0 saturated heterocycles. The van der Waals surface area contributed by atoms with E-state index in [0.29, 0.717) is 28.0 Å². The molecule has 0 aliphatic rings. The lowest BCUT2D eigenvalue weighted by molar-refractivity contribution is 0.101. The van der Waals surface area contributed by atoms with E-state index < -0.39 is 0 Å². The van der Waals surface area contributed by atoms with Crippen LogP contribution in [0.2, 0.25) is 0 Å². The number of ketones is 1. The summed E-state index contributed by atoms with van der Waals surface area (Å²) in [6.07, 6.45) is 0. The van der Waals surface area contributed by atoms with Crippen LogP contribution in [0, 0.1) is 6.92 Å². The molecule has 1 heterocycles. The van der Waals surface area contributed by atoms with E-state index in [2.05, 4.69) is 0 Å². The van der Waals surface area contributed by atoms with Gasteiger partial charge in [-0.15, -0.1) is 0 Å². The smallest absolute Gasteiger partial charge is 0.196 e. The second kappa shape index (κ2) is 5.72. The van der Waals surface area contributed by atoms with Crippen molar-refractivity contribution in [1.29, 1.82) is 0 Å². The highest BCUT2D eigenvalue weighted by molar-refractivity contribution is 6.07. The lowest BCUT2D eigenvalue weighted by atomic mass is 10.0. The lowest BCUT2D eigenvalue weighted by Gasteiger charge is -2.11. The molecule has 0 bridgehead atoms. The number of carbonyl (C=O) groups is 1. The van der Waals surface area contributed by atoms with E-state index in [1.807, 2.05) is 30.3 Å². The number of ether oxygens (including phenoxy) is 1. The minimum absolute atomic E-state index is 0.143. The molecule has 3 aromatic rings. The van der Waals surface area contributed by atoms with Gasteiger partial charge in [-0.2, -0.15) is 0 Å². The molecule has 116 valence electrons. The summed E-state index contributed by atoms with van der Waals surface area (Å²) in [6, 6.07) is 12.6. The topological polar surface area (TPSA) is 56.5 Å². The van der Waals surface area contributed by atoms with Gasteiger partial charge in [0.15, 0.2) is 16.8 Å². The average Bonchev–Trinajstić information content (AvgIpc) is 2.57. The van der Waals surface area contributed by atoms with E-state index in [1.54, 1.807) is 19.1 Å². The highest BCUT2D eigenvalue weighted by Gasteiger charge is 2.20. The second-order valence-corrected chi connectivity index (χ2v) is 5.33. The fraction of sp³-hybridized carbons (Fsp3) is 0.158. The van der Waals surface area contributed by atoms with E-state index in [1.165, 1.54) is 14.0 Å². The Balaban J connectivity index is 2.46. The first kappa shape index (κ1) is 15.0. The van der Waals surface area contributed by atoms with E-state index in [9.17, 15) is 9.59 Å². The van der Waals surface area contributed by atoms with Gasteiger partial charge >= 0.3 is 0 Å². The summed E-state index contributed by atoms with van der Waals surface area (Å²) >= 11 is 0. The molecule has 0 radical (unpaired) electrons. The molecule has 0 fully saturated rings. The third kappa shape index (κ3) is 2.42. The van der Waals surface area contributed by atoms with Crippen LogP contribution in [-0.2, 0) is 0 Å². The van der Waals surface area contributed by atoms with Gasteiger partial charge in [0.2, 0.25) is 0 Å². The number of fused-ring (bicyclic) bond motifs is 1. The molecule has 0 spiro atoms. The molecular formula is C19H16O4. The Morgan fingerprint density at radius 3 is 2.39 bits per heavy atom. The number of methoxy groups -OCH3 is 1. The van der Waals surface area contributed by atoms with Gasteiger partial charge in [0, 0.05) is 11.1 Å². The molecule has 0 amide bonds. The normalized spacial score (nSPS) is 10.7. The van der Waals surface area contributed by atoms with Crippen molar-refractivity contribution in [3.8, 4) is 17.1 Å². The van der Waals surface area contributed by atoms with Crippen molar-refractivity contribution in [2.45, 2.75) is 13.8 Å². The highest BCUT2D eigenvalue weighted by Crippen LogP contribution is 2.31. The number of carbonyl (C=O) groups excluding carboxylic acids is 1. The summed E-state index contributed by atoms with van der Waals surface area (Å²) in [5.74, 6) is 0.660. The second-order valence-electron chi connectivity index (χ2n) is 5.33. The molecule has 0 atom stereocenters. The predicted octanol–water partition coefficient (Wildman–Crippen LogP) is 3.98. The average molecular weight is 308 g/mol. The molecule has 3 rings (SSSR count). The predicted molar refractivity (Wildman–Crippen MR) is 89.2 cm³/mol. The number of rotatable bonds is 3. The zero-order valence-electron chi connectivity index (χ0n) is 13.2. The van der Waals surface area contributed by atoms with Gasteiger partial charge in [0.25, 0.3) is 0 Å². The molecular weight excluding hydrogens is 292 g/mol. The summed E-state index contributed by atoms with van der Waals surface area (Å²) in [5, 5.41) is 0.383. The Morgan fingerprint density at radius 2 is 1.78 bits per heavy atom. The summed E-state index contributed by atoms with van der Waals surface area (Å²) in [7, 11) is 1.48. The molecule has 0 aliphatic heterocycles. The number of Topliss-reactive ketones (excluding diaryl/α,β-unsaturated/α-hetero) is 1. The molecule has 0 aliphatic carbocycles. The van der Waals surface area contributed by atoms with Gasteiger partial charge in [0.1, 0.15) is 17.1 Å². The summed E-state index contributed by atoms with van der Waals surface area (Å²) in [6.45, 7) is 3.16. The van der Waals surface area contributed by atoms with Gasteiger partial charge in [-0.25, -0.2) is 0 Å². The van der Waals surface area contributed by atoms with Crippen molar-refractivity contribution in [3.63, 3.8) is 0 Å². The molecule has 4 nitrogen and oxygen atoms in total.